The Morgan fingerprint density at radius 3 is 2.65 bits per heavy atom. The van der Waals surface area contributed by atoms with Crippen LogP contribution in [0, 0.1) is 0 Å². The van der Waals surface area contributed by atoms with Crippen LogP contribution < -0.4 is 14.8 Å². The maximum Gasteiger partial charge on any atom is 0.266 e. The molecule has 0 aromatic heterocycles. The molecule has 0 fully saturated rings. The number of phenolic OH excluding ortho intramolecular Hbond substituents is 1. The average Bonchev–Trinajstić information content (AvgIpc) is 2.43. The zero-order valence-corrected chi connectivity index (χ0v) is 12.2. The zero-order chi connectivity index (χ0) is 14.5. The first-order valence-electron chi connectivity index (χ1n) is 5.70. The Hall–Kier alpha value is -1.98. The summed E-state index contributed by atoms with van der Waals surface area (Å²) in [6.45, 7) is 0. The van der Waals surface area contributed by atoms with Gasteiger partial charge in [-0.1, -0.05) is 23.7 Å². The van der Waals surface area contributed by atoms with E-state index in [0.717, 1.165) is 0 Å². The number of hydrogen-bond acceptors (Lipinski definition) is 4. The Labute approximate surface area is 126 Å². The quantitative estimate of drug-likeness (QED) is 0.844. The molecule has 0 bridgehead atoms. The summed E-state index contributed by atoms with van der Waals surface area (Å²) in [5.41, 5.74) is 0.623. The Morgan fingerprint density at radius 1 is 1.20 bits per heavy atom. The smallest absolute Gasteiger partial charge is 0.266 e. The van der Waals surface area contributed by atoms with E-state index < -0.39 is 0 Å². The van der Waals surface area contributed by atoms with E-state index >= 15 is 0 Å². The van der Waals surface area contributed by atoms with Gasteiger partial charge in [0.05, 0.1) is 12.8 Å². The molecule has 0 aliphatic rings. The zero-order valence-electron chi connectivity index (χ0n) is 10.6. The average molecular weight is 310 g/mol. The van der Waals surface area contributed by atoms with E-state index in [0.29, 0.717) is 16.5 Å². The van der Waals surface area contributed by atoms with Crippen LogP contribution in [-0.2, 0) is 0 Å². The van der Waals surface area contributed by atoms with Crippen molar-refractivity contribution in [3.8, 4) is 17.2 Å². The van der Waals surface area contributed by atoms with E-state index in [1.165, 1.54) is 13.2 Å². The fourth-order valence-corrected chi connectivity index (χ4v) is 1.91. The van der Waals surface area contributed by atoms with Crippen LogP contribution in [0.5, 0.6) is 17.2 Å². The lowest BCUT2D eigenvalue weighted by atomic mass is 10.3. The summed E-state index contributed by atoms with van der Waals surface area (Å²) in [7, 11) is 1.53. The molecule has 0 radical (unpaired) electrons. The lowest BCUT2D eigenvalue weighted by Gasteiger charge is -2.13. The number of methoxy groups -OCH3 is 1. The molecule has 0 heterocycles. The van der Waals surface area contributed by atoms with Gasteiger partial charge in [0.1, 0.15) is 5.75 Å². The van der Waals surface area contributed by atoms with Gasteiger partial charge >= 0.3 is 0 Å². The summed E-state index contributed by atoms with van der Waals surface area (Å²) >= 11 is 11.0. The van der Waals surface area contributed by atoms with Gasteiger partial charge in [-0.15, -0.1) is 0 Å². The molecule has 20 heavy (non-hydrogen) atoms. The van der Waals surface area contributed by atoms with Crippen LogP contribution >= 0.6 is 23.8 Å². The summed E-state index contributed by atoms with van der Waals surface area (Å²) < 4.78 is 10.6. The second-order valence-electron chi connectivity index (χ2n) is 3.83. The van der Waals surface area contributed by atoms with E-state index in [1.54, 1.807) is 36.4 Å². The fourth-order valence-electron chi connectivity index (χ4n) is 1.55. The summed E-state index contributed by atoms with van der Waals surface area (Å²) in [6.07, 6.45) is 0. The maximum absolute atomic E-state index is 9.61. The minimum Gasteiger partial charge on any atom is -0.504 e. The number of hydrogen-bond donors (Lipinski definition) is 2. The summed E-state index contributed by atoms with van der Waals surface area (Å²) in [5, 5.41) is 13.1. The van der Waals surface area contributed by atoms with Gasteiger partial charge < -0.3 is 19.9 Å². The van der Waals surface area contributed by atoms with Crippen molar-refractivity contribution in [1.29, 1.82) is 0 Å². The van der Waals surface area contributed by atoms with E-state index in [1.807, 2.05) is 0 Å². The Morgan fingerprint density at radius 2 is 1.95 bits per heavy atom. The highest BCUT2D eigenvalue weighted by Gasteiger charge is 2.09. The van der Waals surface area contributed by atoms with Gasteiger partial charge in [0, 0.05) is 11.1 Å². The lowest BCUT2D eigenvalue weighted by molar-refractivity contribution is 0.416. The molecule has 0 spiro atoms. The number of para-hydroxylation sites is 2. The van der Waals surface area contributed by atoms with Crippen molar-refractivity contribution in [3.05, 3.63) is 47.5 Å². The number of thiocarbonyl (C=S) groups is 1. The highest BCUT2D eigenvalue weighted by Crippen LogP contribution is 2.29. The van der Waals surface area contributed by atoms with Crippen molar-refractivity contribution in [2.45, 2.75) is 0 Å². The number of halogens is 1. The van der Waals surface area contributed by atoms with Gasteiger partial charge in [0.25, 0.3) is 5.17 Å². The lowest BCUT2D eigenvalue weighted by Crippen LogP contribution is -2.16. The van der Waals surface area contributed by atoms with Crippen LogP contribution in [0.4, 0.5) is 5.69 Å². The number of aromatic hydroxyl groups is 1. The minimum atomic E-state index is 0.0136. The van der Waals surface area contributed by atoms with Gasteiger partial charge in [-0.2, -0.15) is 0 Å². The van der Waals surface area contributed by atoms with Gasteiger partial charge in [-0.25, -0.2) is 0 Å². The summed E-state index contributed by atoms with van der Waals surface area (Å²) in [4.78, 5) is 0. The van der Waals surface area contributed by atoms with Crippen LogP contribution in [0.25, 0.3) is 0 Å². The number of phenols is 1. The highest BCUT2D eigenvalue weighted by atomic mass is 35.5. The molecule has 0 saturated heterocycles. The molecule has 4 nitrogen and oxygen atoms in total. The molecule has 0 aliphatic heterocycles. The van der Waals surface area contributed by atoms with Gasteiger partial charge in [0.15, 0.2) is 11.5 Å². The molecule has 0 saturated carbocycles. The Balaban J connectivity index is 2.11. The van der Waals surface area contributed by atoms with Crippen LogP contribution in [0.3, 0.4) is 0 Å². The van der Waals surface area contributed by atoms with Gasteiger partial charge in [-0.3, -0.25) is 0 Å². The molecule has 2 aromatic rings. The molecular weight excluding hydrogens is 298 g/mol. The van der Waals surface area contributed by atoms with E-state index in [9.17, 15) is 5.11 Å². The topological polar surface area (TPSA) is 50.7 Å². The molecule has 2 aromatic carbocycles. The van der Waals surface area contributed by atoms with E-state index in [-0.39, 0.29) is 16.7 Å². The minimum absolute atomic E-state index is 0.0136. The maximum atomic E-state index is 9.61. The van der Waals surface area contributed by atoms with Crippen molar-refractivity contribution < 1.29 is 14.6 Å². The van der Waals surface area contributed by atoms with Crippen LogP contribution in [0.1, 0.15) is 0 Å². The van der Waals surface area contributed by atoms with Gasteiger partial charge in [-0.05, 0) is 36.5 Å². The molecule has 6 heteroatoms. The number of rotatable bonds is 3. The van der Waals surface area contributed by atoms with Crippen molar-refractivity contribution >= 4 is 34.7 Å². The van der Waals surface area contributed by atoms with Crippen LogP contribution in [-0.4, -0.2) is 17.4 Å². The van der Waals surface area contributed by atoms with E-state index in [4.69, 9.17) is 33.3 Å². The number of nitrogens with one attached hydrogen (secondary N) is 1. The third-order valence-electron chi connectivity index (χ3n) is 2.47. The molecule has 0 aliphatic carbocycles. The first-order valence-corrected chi connectivity index (χ1v) is 6.49. The SMILES string of the molecule is COc1cc(Cl)ccc1NC(=S)Oc1ccccc1O. The molecule has 0 amide bonds. The van der Waals surface area contributed by atoms with Gasteiger partial charge in [0.2, 0.25) is 0 Å². The number of ether oxygens (including phenoxy) is 2. The first-order chi connectivity index (χ1) is 9.60. The number of anilines is 1. The second-order valence-corrected chi connectivity index (χ2v) is 4.63. The molecule has 2 N–H and O–H groups in total. The third kappa shape index (κ3) is 3.53. The van der Waals surface area contributed by atoms with Crippen LogP contribution in [0.15, 0.2) is 42.5 Å². The predicted octanol–water partition coefficient (Wildman–Crippen LogP) is 3.83. The molecule has 0 atom stereocenters. The summed E-state index contributed by atoms with van der Waals surface area (Å²) in [5.74, 6) is 0.832. The Kier molecular flexibility index (Phi) is 4.65. The van der Waals surface area contributed by atoms with Crippen molar-refractivity contribution in [2.24, 2.45) is 0 Å². The highest BCUT2D eigenvalue weighted by molar-refractivity contribution is 7.80. The first kappa shape index (κ1) is 14.4. The second kappa shape index (κ2) is 6.45. The number of benzene rings is 2. The normalized spacial score (nSPS) is 9.90. The largest absolute Gasteiger partial charge is 0.504 e. The van der Waals surface area contributed by atoms with Crippen molar-refractivity contribution in [1.82, 2.24) is 0 Å². The van der Waals surface area contributed by atoms with Crippen molar-refractivity contribution in [2.75, 3.05) is 12.4 Å². The third-order valence-corrected chi connectivity index (χ3v) is 2.89. The molecule has 2 rings (SSSR count). The molecule has 104 valence electrons. The van der Waals surface area contributed by atoms with Crippen LogP contribution in [0.2, 0.25) is 5.02 Å². The molecular formula is C14H12ClNO3S. The standard InChI is InChI=1S/C14H12ClNO3S/c1-18-13-8-9(15)6-7-10(13)16-14(20)19-12-5-3-2-4-11(12)17/h2-8,17H,1H3,(H,16,20). The molecule has 0 unspecified atom stereocenters. The fraction of sp³-hybridized carbons (Fsp3) is 0.0714. The van der Waals surface area contributed by atoms with Crippen molar-refractivity contribution in [3.63, 3.8) is 0 Å². The monoisotopic (exact) mass is 309 g/mol. The predicted molar refractivity (Wildman–Crippen MR) is 83.0 cm³/mol. The van der Waals surface area contributed by atoms with E-state index in [2.05, 4.69) is 5.32 Å². The Bertz CT molecular complexity index is 634. The summed E-state index contributed by atoms with van der Waals surface area (Å²) in [6, 6.07) is 11.6.